The third kappa shape index (κ3) is 2.39. The molecule has 2 aliphatic carbocycles. The van der Waals surface area contributed by atoms with Crippen LogP contribution in [0.2, 0.25) is 0 Å². The number of hydrogen-bond acceptors (Lipinski definition) is 3. The Bertz CT molecular complexity index is 612. The van der Waals surface area contributed by atoms with Gasteiger partial charge >= 0.3 is 0 Å². The Hall–Kier alpha value is -1.88. The van der Waals surface area contributed by atoms with Gasteiger partial charge in [-0.3, -0.25) is 9.59 Å². The Labute approximate surface area is 130 Å². The second-order valence-electron chi connectivity index (χ2n) is 6.48. The zero-order valence-electron chi connectivity index (χ0n) is 13.1. The molecular formula is C17H23N3O2. The highest BCUT2D eigenvalue weighted by molar-refractivity contribution is 6.00. The van der Waals surface area contributed by atoms with E-state index in [0.717, 1.165) is 24.8 Å². The average molecular weight is 301 g/mol. The third-order valence-corrected chi connectivity index (χ3v) is 5.35. The molecule has 0 aliphatic heterocycles. The van der Waals surface area contributed by atoms with Gasteiger partial charge in [0.05, 0.1) is 5.92 Å². The predicted molar refractivity (Wildman–Crippen MR) is 85.5 cm³/mol. The van der Waals surface area contributed by atoms with Crippen molar-refractivity contribution in [3.05, 3.63) is 29.3 Å². The summed E-state index contributed by atoms with van der Waals surface area (Å²) in [4.78, 5) is 24.5. The lowest BCUT2D eigenvalue weighted by Crippen LogP contribution is -2.42. The molecule has 118 valence electrons. The van der Waals surface area contributed by atoms with Crippen LogP contribution in [0.4, 0.5) is 5.69 Å². The molecule has 2 bridgehead atoms. The molecule has 0 saturated heterocycles. The first-order chi connectivity index (χ1) is 10.5. The van der Waals surface area contributed by atoms with Crippen LogP contribution in [0, 0.1) is 24.7 Å². The summed E-state index contributed by atoms with van der Waals surface area (Å²) in [5, 5.41) is 5.60. The lowest BCUT2D eigenvalue weighted by atomic mass is 9.84. The molecule has 5 nitrogen and oxygen atoms in total. The Morgan fingerprint density at radius 3 is 2.59 bits per heavy atom. The van der Waals surface area contributed by atoms with Gasteiger partial charge in [0.1, 0.15) is 0 Å². The van der Waals surface area contributed by atoms with E-state index in [-0.39, 0.29) is 23.8 Å². The first kappa shape index (κ1) is 15.0. The SMILES string of the molecule is CNC(=O)c1cccc(NC(=O)C2C3CCC(C3)C2N)c1C. The van der Waals surface area contributed by atoms with E-state index < -0.39 is 0 Å². The van der Waals surface area contributed by atoms with E-state index >= 15 is 0 Å². The number of rotatable bonds is 3. The molecule has 2 aliphatic rings. The van der Waals surface area contributed by atoms with Crippen LogP contribution in [0.3, 0.4) is 0 Å². The molecule has 4 N–H and O–H groups in total. The molecule has 2 amide bonds. The first-order valence-electron chi connectivity index (χ1n) is 7.91. The Morgan fingerprint density at radius 2 is 1.95 bits per heavy atom. The van der Waals surface area contributed by atoms with Crippen molar-refractivity contribution in [2.45, 2.75) is 32.2 Å². The van der Waals surface area contributed by atoms with E-state index in [1.807, 2.05) is 13.0 Å². The van der Waals surface area contributed by atoms with Crippen LogP contribution in [0.25, 0.3) is 0 Å². The minimum Gasteiger partial charge on any atom is -0.355 e. The number of nitrogens with two attached hydrogens (primary N) is 1. The van der Waals surface area contributed by atoms with Gasteiger partial charge in [-0.2, -0.15) is 0 Å². The molecule has 0 heterocycles. The number of hydrogen-bond donors (Lipinski definition) is 3. The highest BCUT2D eigenvalue weighted by atomic mass is 16.2. The van der Waals surface area contributed by atoms with Crippen LogP contribution in [-0.2, 0) is 4.79 Å². The van der Waals surface area contributed by atoms with Gasteiger partial charge in [0.25, 0.3) is 5.91 Å². The fourth-order valence-electron chi connectivity index (χ4n) is 4.09. The van der Waals surface area contributed by atoms with Crippen LogP contribution in [0.1, 0.15) is 35.2 Å². The Morgan fingerprint density at radius 1 is 1.23 bits per heavy atom. The molecule has 2 saturated carbocycles. The topological polar surface area (TPSA) is 84.2 Å². The molecule has 2 fully saturated rings. The molecule has 3 rings (SSSR count). The van der Waals surface area contributed by atoms with Gasteiger partial charge in [-0.1, -0.05) is 6.07 Å². The number of amides is 2. The van der Waals surface area contributed by atoms with Crippen molar-refractivity contribution in [1.29, 1.82) is 0 Å². The molecule has 22 heavy (non-hydrogen) atoms. The molecule has 4 unspecified atom stereocenters. The zero-order valence-corrected chi connectivity index (χ0v) is 13.1. The number of nitrogens with one attached hydrogen (secondary N) is 2. The summed E-state index contributed by atoms with van der Waals surface area (Å²) >= 11 is 0. The van der Waals surface area contributed by atoms with E-state index in [1.54, 1.807) is 19.2 Å². The predicted octanol–water partition coefficient (Wildman–Crippen LogP) is 1.67. The van der Waals surface area contributed by atoms with Gasteiger partial charge in [-0.15, -0.1) is 0 Å². The molecular weight excluding hydrogens is 278 g/mol. The second-order valence-corrected chi connectivity index (χ2v) is 6.48. The number of carbonyl (C=O) groups excluding carboxylic acids is 2. The largest absolute Gasteiger partial charge is 0.355 e. The summed E-state index contributed by atoms with van der Waals surface area (Å²) in [6, 6.07) is 5.35. The molecule has 1 aromatic carbocycles. The fraction of sp³-hybridized carbons (Fsp3) is 0.529. The summed E-state index contributed by atoms with van der Waals surface area (Å²) in [5.74, 6) is 0.672. The highest BCUT2D eigenvalue weighted by Crippen LogP contribution is 2.48. The van der Waals surface area contributed by atoms with Crippen LogP contribution in [0.15, 0.2) is 18.2 Å². The summed E-state index contributed by atoms with van der Waals surface area (Å²) in [6.07, 6.45) is 3.34. The zero-order chi connectivity index (χ0) is 15.9. The summed E-state index contributed by atoms with van der Waals surface area (Å²) < 4.78 is 0. The molecule has 0 spiro atoms. The van der Waals surface area contributed by atoms with Crippen molar-refractivity contribution in [1.82, 2.24) is 5.32 Å². The van der Waals surface area contributed by atoms with Crippen molar-refractivity contribution >= 4 is 17.5 Å². The van der Waals surface area contributed by atoms with Crippen molar-refractivity contribution < 1.29 is 9.59 Å². The van der Waals surface area contributed by atoms with Gasteiger partial charge in [-0.05, 0) is 55.7 Å². The smallest absolute Gasteiger partial charge is 0.251 e. The molecule has 0 aromatic heterocycles. The standard InChI is InChI=1S/C17H23N3O2/c1-9-12(16(21)19-2)4-3-5-13(9)20-17(22)14-10-6-7-11(8-10)15(14)18/h3-5,10-11,14-15H,6-8,18H2,1-2H3,(H,19,21)(H,20,22). The van der Waals surface area contributed by atoms with E-state index in [2.05, 4.69) is 10.6 Å². The van der Waals surface area contributed by atoms with Crippen molar-refractivity contribution in [3.63, 3.8) is 0 Å². The third-order valence-electron chi connectivity index (χ3n) is 5.35. The fourth-order valence-corrected chi connectivity index (χ4v) is 4.09. The quantitative estimate of drug-likeness (QED) is 0.794. The lowest BCUT2D eigenvalue weighted by Gasteiger charge is -2.27. The van der Waals surface area contributed by atoms with Crippen LogP contribution in [0.5, 0.6) is 0 Å². The number of fused-ring (bicyclic) bond motifs is 2. The van der Waals surface area contributed by atoms with E-state index in [0.29, 0.717) is 23.1 Å². The van der Waals surface area contributed by atoms with Crippen molar-refractivity contribution in [2.24, 2.45) is 23.5 Å². The number of anilines is 1. The van der Waals surface area contributed by atoms with E-state index in [9.17, 15) is 9.59 Å². The molecule has 0 radical (unpaired) electrons. The minimum atomic E-state index is -0.148. The van der Waals surface area contributed by atoms with E-state index in [1.165, 1.54) is 0 Å². The van der Waals surface area contributed by atoms with Crippen LogP contribution < -0.4 is 16.4 Å². The Balaban J connectivity index is 1.79. The maximum Gasteiger partial charge on any atom is 0.251 e. The second kappa shape index (κ2) is 5.72. The van der Waals surface area contributed by atoms with Gasteiger partial charge in [0.15, 0.2) is 0 Å². The maximum absolute atomic E-state index is 12.6. The Kier molecular flexibility index (Phi) is 3.91. The normalized spacial score (nSPS) is 29.4. The summed E-state index contributed by atoms with van der Waals surface area (Å²) in [6.45, 7) is 1.85. The van der Waals surface area contributed by atoms with Gasteiger partial charge in [0, 0.05) is 24.3 Å². The summed E-state index contributed by atoms with van der Waals surface area (Å²) in [7, 11) is 1.60. The molecule has 4 atom stereocenters. The van der Waals surface area contributed by atoms with Crippen molar-refractivity contribution in [2.75, 3.05) is 12.4 Å². The monoisotopic (exact) mass is 301 g/mol. The van der Waals surface area contributed by atoms with Crippen LogP contribution in [-0.4, -0.2) is 24.9 Å². The van der Waals surface area contributed by atoms with E-state index in [4.69, 9.17) is 5.73 Å². The average Bonchev–Trinajstić information content (AvgIpc) is 3.09. The van der Waals surface area contributed by atoms with Crippen molar-refractivity contribution in [3.8, 4) is 0 Å². The lowest BCUT2D eigenvalue weighted by molar-refractivity contribution is -0.121. The minimum absolute atomic E-state index is 0.00291. The van der Waals surface area contributed by atoms with Crippen LogP contribution >= 0.6 is 0 Å². The number of carbonyl (C=O) groups is 2. The summed E-state index contributed by atoms with van der Waals surface area (Å²) in [5.41, 5.74) is 8.29. The highest BCUT2D eigenvalue weighted by Gasteiger charge is 2.49. The van der Waals surface area contributed by atoms with Gasteiger partial charge in [0.2, 0.25) is 5.91 Å². The molecule has 1 aromatic rings. The maximum atomic E-state index is 12.6. The van der Waals surface area contributed by atoms with Gasteiger partial charge in [-0.25, -0.2) is 0 Å². The first-order valence-corrected chi connectivity index (χ1v) is 7.91. The number of benzene rings is 1. The van der Waals surface area contributed by atoms with Gasteiger partial charge < -0.3 is 16.4 Å². The molecule has 5 heteroatoms.